The summed E-state index contributed by atoms with van der Waals surface area (Å²) in [6, 6.07) is 22.3. The van der Waals surface area contributed by atoms with Crippen molar-refractivity contribution in [3.63, 3.8) is 0 Å². The highest BCUT2D eigenvalue weighted by Gasteiger charge is 2.57. The summed E-state index contributed by atoms with van der Waals surface area (Å²) in [6.45, 7) is -0.392. The molecule has 0 bridgehead atoms. The molecule has 1 aromatic heterocycles. The summed E-state index contributed by atoms with van der Waals surface area (Å²) in [5, 5.41) is 4.13. The second-order valence-corrected chi connectivity index (χ2v) is 14.0. The van der Waals surface area contributed by atoms with Crippen LogP contribution in [0.3, 0.4) is 0 Å². The van der Waals surface area contributed by atoms with E-state index in [0.29, 0.717) is 25.6 Å². The van der Waals surface area contributed by atoms with Crippen molar-refractivity contribution in [2.75, 3.05) is 16.8 Å². The number of alkyl halides is 3. The van der Waals surface area contributed by atoms with E-state index in [9.17, 15) is 32.3 Å². The molecule has 238 valence electrons. The molecule has 2 aliphatic heterocycles. The zero-order valence-electron chi connectivity index (χ0n) is 23.8. The molecule has 0 radical (unpaired) electrons. The Hall–Kier alpha value is -4.40. The van der Waals surface area contributed by atoms with Gasteiger partial charge in [-0.15, -0.1) is 0 Å². The van der Waals surface area contributed by atoms with Gasteiger partial charge in [0.25, 0.3) is 5.91 Å². The average molecular weight is 741 g/mol. The van der Waals surface area contributed by atoms with Crippen molar-refractivity contribution in [1.82, 2.24) is 4.98 Å². The fourth-order valence-corrected chi connectivity index (χ4v) is 8.81. The summed E-state index contributed by atoms with van der Waals surface area (Å²) in [4.78, 5) is 56.9. The first-order valence-electron chi connectivity index (χ1n) is 14.1. The first-order chi connectivity index (χ1) is 22.5. The largest absolute Gasteiger partial charge is 0.483 e. The number of hydrogen-bond donors (Lipinski definition) is 2. The molecule has 5 aromatic rings. The van der Waals surface area contributed by atoms with Crippen LogP contribution in [0.15, 0.2) is 99.2 Å². The number of aromatic amines is 1. The molecule has 2 N–H and O–H groups in total. The summed E-state index contributed by atoms with van der Waals surface area (Å²) < 4.78 is 47.2. The van der Waals surface area contributed by atoms with Gasteiger partial charge in [0.05, 0.1) is 22.2 Å². The predicted molar refractivity (Wildman–Crippen MR) is 176 cm³/mol. The minimum Gasteiger partial charge on any atom is -0.483 e. The zero-order chi connectivity index (χ0) is 33.0. The van der Waals surface area contributed by atoms with Crippen LogP contribution in [0.2, 0.25) is 0 Å². The highest BCUT2D eigenvalue weighted by atomic mass is 79.9. The number of amides is 3. The van der Waals surface area contributed by atoms with Gasteiger partial charge >= 0.3 is 11.0 Å². The van der Waals surface area contributed by atoms with E-state index in [1.165, 1.54) is 6.07 Å². The normalized spacial score (nSPS) is 19.1. The molecule has 4 aromatic carbocycles. The summed E-state index contributed by atoms with van der Waals surface area (Å²) >= 11 is 5.33. The predicted octanol–water partition coefficient (Wildman–Crippen LogP) is 7.18. The lowest BCUT2D eigenvalue weighted by Gasteiger charge is -2.31. The second kappa shape index (κ2) is 12.0. The third-order valence-corrected chi connectivity index (χ3v) is 10.8. The number of carbonyl (C=O) groups is 3. The molecule has 47 heavy (non-hydrogen) atoms. The molecule has 0 aliphatic carbocycles. The summed E-state index contributed by atoms with van der Waals surface area (Å²) in [7, 11) is 0. The van der Waals surface area contributed by atoms with E-state index in [1.54, 1.807) is 24.3 Å². The Kier molecular flexibility index (Phi) is 7.97. The lowest BCUT2D eigenvalue weighted by molar-refractivity contribution is -0.137. The first kappa shape index (κ1) is 31.2. The number of anilines is 2. The fourth-order valence-electron chi connectivity index (χ4n) is 5.93. The van der Waals surface area contributed by atoms with Crippen molar-refractivity contribution >= 4 is 78.9 Å². The van der Waals surface area contributed by atoms with E-state index >= 15 is 0 Å². The molecule has 1 saturated heterocycles. The zero-order valence-corrected chi connectivity index (χ0v) is 27.1. The van der Waals surface area contributed by atoms with Gasteiger partial charge in [-0.3, -0.25) is 19.2 Å². The Morgan fingerprint density at radius 2 is 1.72 bits per heavy atom. The van der Waals surface area contributed by atoms with Crippen LogP contribution >= 0.6 is 39.0 Å². The highest BCUT2D eigenvalue weighted by Crippen LogP contribution is 2.55. The van der Waals surface area contributed by atoms with Crippen LogP contribution < -0.4 is 19.8 Å². The van der Waals surface area contributed by atoms with Crippen LogP contribution in [0, 0.1) is 5.92 Å². The smallest absolute Gasteiger partial charge is 0.416 e. The van der Waals surface area contributed by atoms with E-state index in [-0.39, 0.29) is 11.4 Å². The van der Waals surface area contributed by atoms with Gasteiger partial charge in [0.15, 0.2) is 6.61 Å². The Morgan fingerprint density at radius 1 is 0.936 bits per heavy atom. The molecule has 0 spiro atoms. The Balaban J connectivity index is 1.22. The van der Waals surface area contributed by atoms with Crippen LogP contribution in [0.4, 0.5) is 24.5 Å². The number of imide groups is 1. The van der Waals surface area contributed by atoms with Crippen molar-refractivity contribution in [3.05, 3.63) is 115 Å². The monoisotopic (exact) mass is 739 g/mol. The topological polar surface area (TPSA) is 109 Å². The van der Waals surface area contributed by atoms with Crippen LogP contribution in [0.5, 0.6) is 5.75 Å². The minimum atomic E-state index is -4.68. The molecule has 8 nitrogen and oxygen atoms in total. The second-order valence-electron chi connectivity index (χ2n) is 10.9. The number of halogens is 4. The van der Waals surface area contributed by atoms with Gasteiger partial charge in [-0.1, -0.05) is 75.4 Å². The molecule has 3 heterocycles. The van der Waals surface area contributed by atoms with Crippen molar-refractivity contribution in [1.29, 1.82) is 0 Å². The SMILES string of the molecule is O=C(COc1ccc(Br)cc1[C@H]1c2sc(=O)[nH]c2SC2C(=O)N(c3cccc(C(F)(F)F)c3)C(=O)C21)Nc1ccc2ccccc2c1. The van der Waals surface area contributed by atoms with Gasteiger partial charge in [-0.25, -0.2) is 4.90 Å². The van der Waals surface area contributed by atoms with E-state index in [2.05, 4.69) is 26.2 Å². The molecule has 3 atom stereocenters. The lowest BCUT2D eigenvalue weighted by atomic mass is 9.82. The summed E-state index contributed by atoms with van der Waals surface area (Å²) in [5.74, 6) is -3.57. The quantitative estimate of drug-likeness (QED) is 0.179. The third-order valence-electron chi connectivity index (χ3n) is 7.95. The van der Waals surface area contributed by atoms with Gasteiger partial charge in [0, 0.05) is 26.5 Å². The molecular formula is C33H21BrF3N3O5S2. The van der Waals surface area contributed by atoms with E-state index in [0.717, 1.165) is 57.0 Å². The van der Waals surface area contributed by atoms with Gasteiger partial charge < -0.3 is 15.0 Å². The maximum Gasteiger partial charge on any atom is 0.416 e. The van der Waals surface area contributed by atoms with Crippen molar-refractivity contribution in [2.24, 2.45) is 5.92 Å². The number of carbonyl (C=O) groups excluding carboxylic acids is 3. The Morgan fingerprint density at radius 3 is 2.51 bits per heavy atom. The number of nitrogens with zero attached hydrogens (tertiary/aromatic N) is 1. The molecule has 14 heteroatoms. The third kappa shape index (κ3) is 5.85. The van der Waals surface area contributed by atoms with Crippen LogP contribution in [0.1, 0.15) is 21.9 Å². The number of hydrogen-bond acceptors (Lipinski definition) is 7. The van der Waals surface area contributed by atoms with E-state index in [1.807, 2.05) is 36.4 Å². The fraction of sp³-hybridized carbons (Fsp3) is 0.152. The van der Waals surface area contributed by atoms with Gasteiger partial charge in [0.1, 0.15) is 11.0 Å². The number of rotatable bonds is 6. The molecular weight excluding hydrogens is 719 g/mol. The van der Waals surface area contributed by atoms with Crippen molar-refractivity contribution in [2.45, 2.75) is 22.4 Å². The Bertz CT molecular complexity index is 2150. The number of nitrogens with one attached hydrogen (secondary N) is 2. The molecule has 2 aliphatic rings. The standard InChI is InChI=1S/C33H21BrF3N3O5S2/c34-19-9-11-23(45-15-24(41)38-20-10-8-16-4-1-2-5-17(16)12-20)22(14-19)25-26-28(46-29-27(25)47-32(44)39-29)31(43)40(30(26)42)21-7-3-6-18(13-21)33(35,36)37/h1-14,25-26,28H,15H2,(H,38,41)(H,39,44)/t25-,26?,28?/m1/s1. The minimum absolute atomic E-state index is 0.198. The number of thiazole rings is 1. The number of H-pyrrole nitrogens is 1. The van der Waals surface area contributed by atoms with Gasteiger partial charge in [0.2, 0.25) is 11.8 Å². The van der Waals surface area contributed by atoms with Crippen LogP contribution in [-0.4, -0.2) is 34.6 Å². The molecule has 3 amide bonds. The molecule has 2 unspecified atom stereocenters. The molecule has 0 saturated carbocycles. The number of benzene rings is 4. The number of thioether (sulfide) groups is 1. The van der Waals surface area contributed by atoms with E-state index in [4.69, 9.17) is 4.74 Å². The summed E-state index contributed by atoms with van der Waals surface area (Å²) in [5.41, 5.74) is -0.192. The molecule has 1 fully saturated rings. The van der Waals surface area contributed by atoms with Gasteiger partial charge in [-0.2, -0.15) is 13.2 Å². The van der Waals surface area contributed by atoms with Crippen LogP contribution in [-0.2, 0) is 20.6 Å². The van der Waals surface area contributed by atoms with Crippen molar-refractivity contribution < 1.29 is 32.3 Å². The Labute approximate surface area is 281 Å². The maximum atomic E-state index is 14.1. The summed E-state index contributed by atoms with van der Waals surface area (Å²) in [6.07, 6.45) is -4.68. The van der Waals surface area contributed by atoms with Crippen molar-refractivity contribution in [3.8, 4) is 5.75 Å². The number of ether oxygens (including phenoxy) is 1. The first-order valence-corrected chi connectivity index (χ1v) is 16.6. The molecule has 7 rings (SSSR count). The van der Waals surface area contributed by atoms with E-state index < -0.39 is 58.0 Å². The highest BCUT2D eigenvalue weighted by molar-refractivity contribution is 9.10. The number of aromatic nitrogens is 1. The van der Waals surface area contributed by atoms with Crippen LogP contribution in [0.25, 0.3) is 10.8 Å². The maximum absolute atomic E-state index is 14.1. The average Bonchev–Trinajstić information content (AvgIpc) is 3.53. The number of fused-ring (bicyclic) bond motifs is 3. The lowest BCUT2D eigenvalue weighted by Crippen LogP contribution is -2.32. The van der Waals surface area contributed by atoms with Gasteiger partial charge in [-0.05, 0) is 59.3 Å².